The molecule has 3 atom stereocenters. The third-order valence-corrected chi connectivity index (χ3v) is 5.70. The molecule has 3 nitrogen and oxygen atoms in total. The molecule has 1 heterocycles. The van der Waals surface area contributed by atoms with Gasteiger partial charge in [-0.3, -0.25) is 4.90 Å². The summed E-state index contributed by atoms with van der Waals surface area (Å²) in [4.78, 5) is 2.46. The highest BCUT2D eigenvalue weighted by atomic mass is 35.5. The van der Waals surface area contributed by atoms with Crippen LogP contribution in [-0.2, 0) is 11.8 Å². The lowest BCUT2D eigenvalue weighted by Gasteiger charge is -2.55. The number of phenolic OH excluding ortho intramolecular Hbond substituents is 1. The largest absolute Gasteiger partial charge is 0.508 e. The van der Waals surface area contributed by atoms with Gasteiger partial charge in [0, 0.05) is 12.6 Å². The number of likely N-dealkylation sites (tertiary alicyclic amines) is 1. The van der Waals surface area contributed by atoms with E-state index in [0.29, 0.717) is 17.7 Å². The van der Waals surface area contributed by atoms with Crippen LogP contribution in [0.5, 0.6) is 5.75 Å². The molecule has 0 spiro atoms. The summed E-state index contributed by atoms with van der Waals surface area (Å²) in [7, 11) is 0. The number of hydrogen-bond acceptors (Lipinski definition) is 3. The van der Waals surface area contributed by atoms with Crippen molar-refractivity contribution in [2.75, 3.05) is 13.1 Å². The molecule has 2 N–H and O–H groups in total. The Morgan fingerprint density at radius 2 is 2.05 bits per heavy atom. The number of β-amino-alcohol motifs (C(OH)–C–C–N with tert-alkyl or cyclic N) is 1. The van der Waals surface area contributed by atoms with E-state index in [2.05, 4.69) is 24.8 Å². The van der Waals surface area contributed by atoms with Crippen LogP contribution in [0.2, 0.25) is 0 Å². The van der Waals surface area contributed by atoms with E-state index in [9.17, 15) is 10.2 Å². The fourth-order valence-corrected chi connectivity index (χ4v) is 4.39. The second-order valence-electron chi connectivity index (χ2n) is 7.85. The molecule has 4 heteroatoms. The number of phenols is 1. The van der Waals surface area contributed by atoms with E-state index in [1.54, 1.807) is 6.07 Å². The quantitative estimate of drug-likeness (QED) is 0.878. The van der Waals surface area contributed by atoms with E-state index in [1.165, 1.54) is 11.1 Å². The van der Waals surface area contributed by atoms with E-state index in [-0.39, 0.29) is 17.8 Å². The smallest absolute Gasteiger partial charge is 0.115 e. The van der Waals surface area contributed by atoms with Crippen LogP contribution >= 0.6 is 12.4 Å². The van der Waals surface area contributed by atoms with Gasteiger partial charge < -0.3 is 10.2 Å². The van der Waals surface area contributed by atoms with Gasteiger partial charge in [0.1, 0.15) is 5.75 Å². The molecule has 1 fully saturated rings. The lowest BCUT2D eigenvalue weighted by molar-refractivity contribution is -0.0297. The van der Waals surface area contributed by atoms with Crippen molar-refractivity contribution in [2.45, 2.75) is 57.6 Å². The average Bonchev–Trinajstić information content (AvgIpc) is 2.37. The number of halogens is 1. The summed E-state index contributed by atoms with van der Waals surface area (Å²) in [5, 5.41) is 20.0. The Hall–Kier alpha value is -0.770. The first-order valence-corrected chi connectivity index (χ1v) is 7.99. The summed E-state index contributed by atoms with van der Waals surface area (Å²) in [6, 6.07) is 6.32. The van der Waals surface area contributed by atoms with Gasteiger partial charge in [-0.1, -0.05) is 19.9 Å². The molecular weight excluding hydrogens is 298 g/mol. The van der Waals surface area contributed by atoms with Crippen LogP contribution in [-0.4, -0.2) is 39.8 Å². The number of nitrogens with zero attached hydrogens (tertiary/aromatic N) is 1. The van der Waals surface area contributed by atoms with Crippen molar-refractivity contribution in [2.24, 2.45) is 5.92 Å². The zero-order valence-electron chi connectivity index (χ0n) is 14.0. The maximum absolute atomic E-state index is 10.2. The topological polar surface area (TPSA) is 43.7 Å². The van der Waals surface area contributed by atoms with Crippen LogP contribution in [0.1, 0.15) is 45.2 Å². The highest BCUT2D eigenvalue weighted by Crippen LogP contribution is 2.49. The second-order valence-corrected chi connectivity index (χ2v) is 7.85. The molecule has 3 rings (SSSR count). The van der Waals surface area contributed by atoms with Crippen LogP contribution in [0.3, 0.4) is 0 Å². The van der Waals surface area contributed by atoms with Gasteiger partial charge >= 0.3 is 0 Å². The van der Waals surface area contributed by atoms with Gasteiger partial charge in [0.15, 0.2) is 0 Å². The molecule has 2 aliphatic rings. The van der Waals surface area contributed by atoms with Crippen molar-refractivity contribution in [1.82, 2.24) is 4.90 Å². The number of aliphatic hydroxyl groups is 1. The summed E-state index contributed by atoms with van der Waals surface area (Å²) in [5.74, 6) is 0.905. The Morgan fingerprint density at radius 3 is 2.68 bits per heavy atom. The molecule has 1 aromatic carbocycles. The fraction of sp³-hybridized carbons (Fsp3) is 0.667. The van der Waals surface area contributed by atoms with Crippen LogP contribution in [0.25, 0.3) is 0 Å². The number of aromatic hydroxyl groups is 1. The van der Waals surface area contributed by atoms with Crippen LogP contribution in [0.15, 0.2) is 18.2 Å². The van der Waals surface area contributed by atoms with Crippen molar-refractivity contribution in [3.63, 3.8) is 0 Å². The van der Waals surface area contributed by atoms with E-state index < -0.39 is 5.60 Å². The van der Waals surface area contributed by atoms with Gasteiger partial charge in [-0.25, -0.2) is 0 Å². The number of rotatable bonds is 2. The van der Waals surface area contributed by atoms with Crippen molar-refractivity contribution < 1.29 is 10.2 Å². The number of benzene rings is 1. The van der Waals surface area contributed by atoms with E-state index in [0.717, 1.165) is 25.9 Å². The molecule has 22 heavy (non-hydrogen) atoms. The number of hydrogen-bond donors (Lipinski definition) is 2. The maximum Gasteiger partial charge on any atom is 0.115 e. The average molecular weight is 326 g/mol. The Balaban J connectivity index is 0.00000176. The molecule has 124 valence electrons. The Bertz CT molecular complexity index is 555. The highest BCUT2D eigenvalue weighted by molar-refractivity contribution is 5.85. The van der Waals surface area contributed by atoms with Gasteiger partial charge in [-0.2, -0.15) is 0 Å². The van der Waals surface area contributed by atoms with E-state index >= 15 is 0 Å². The molecule has 1 saturated heterocycles. The summed E-state index contributed by atoms with van der Waals surface area (Å²) in [6.45, 7) is 10.2. The Kier molecular flexibility index (Phi) is 4.55. The molecule has 2 bridgehead atoms. The Labute approximate surface area is 139 Å². The van der Waals surface area contributed by atoms with Crippen LogP contribution < -0.4 is 0 Å². The Morgan fingerprint density at radius 1 is 1.36 bits per heavy atom. The summed E-state index contributed by atoms with van der Waals surface area (Å²) in [6.07, 6.45) is 2.10. The molecule has 0 aromatic heterocycles. The monoisotopic (exact) mass is 325 g/mol. The first-order valence-electron chi connectivity index (χ1n) is 7.99. The second kappa shape index (κ2) is 5.70. The van der Waals surface area contributed by atoms with Gasteiger partial charge in [-0.05, 0) is 67.8 Å². The highest BCUT2D eigenvalue weighted by Gasteiger charge is 2.48. The minimum atomic E-state index is -0.650. The van der Waals surface area contributed by atoms with Crippen LogP contribution in [0.4, 0.5) is 0 Å². The lowest BCUT2D eigenvalue weighted by atomic mass is 9.59. The van der Waals surface area contributed by atoms with E-state index in [1.807, 2.05) is 19.9 Å². The predicted octanol–water partition coefficient (Wildman–Crippen LogP) is 3.11. The SMILES string of the molecule is CC1[C@H]2Cc3ccc(O)cc3C1(C)CCN2CC(C)(C)O.Cl. The predicted molar refractivity (Wildman–Crippen MR) is 91.9 cm³/mol. The molecular formula is C18H28ClNO2. The zero-order valence-corrected chi connectivity index (χ0v) is 14.8. The molecule has 1 aliphatic carbocycles. The lowest BCUT2D eigenvalue weighted by Crippen LogP contribution is -2.60. The van der Waals surface area contributed by atoms with Crippen molar-refractivity contribution >= 4 is 12.4 Å². The molecule has 0 amide bonds. The molecule has 0 saturated carbocycles. The van der Waals surface area contributed by atoms with Crippen molar-refractivity contribution in [1.29, 1.82) is 0 Å². The van der Waals surface area contributed by atoms with Crippen molar-refractivity contribution in [3.8, 4) is 5.75 Å². The maximum atomic E-state index is 10.2. The van der Waals surface area contributed by atoms with Gasteiger partial charge in [0.25, 0.3) is 0 Å². The summed E-state index contributed by atoms with van der Waals surface area (Å²) >= 11 is 0. The van der Waals surface area contributed by atoms with E-state index in [4.69, 9.17) is 0 Å². The fourth-order valence-electron chi connectivity index (χ4n) is 4.39. The third-order valence-electron chi connectivity index (χ3n) is 5.70. The van der Waals surface area contributed by atoms with Gasteiger partial charge in [0.2, 0.25) is 0 Å². The zero-order chi connectivity index (χ0) is 15.4. The first-order chi connectivity index (χ1) is 9.71. The first kappa shape index (κ1) is 17.6. The van der Waals surface area contributed by atoms with Crippen molar-refractivity contribution in [3.05, 3.63) is 29.3 Å². The number of fused-ring (bicyclic) bond motifs is 4. The number of piperidine rings is 1. The summed E-state index contributed by atoms with van der Waals surface area (Å²) < 4.78 is 0. The molecule has 0 radical (unpaired) electrons. The minimum absolute atomic E-state index is 0. The normalized spacial score (nSPS) is 31.3. The standard InChI is InChI=1S/C18H27NO2.ClH/c1-12-16-9-13-5-6-14(20)10-15(13)18(12,4)7-8-19(16)11-17(2,3)21;/h5-6,10,12,16,20-21H,7-9,11H2,1-4H3;1H/t12?,16-,18?;/m1./s1. The minimum Gasteiger partial charge on any atom is -0.508 e. The van der Waals surface area contributed by atoms with Gasteiger partial charge in [0.05, 0.1) is 5.60 Å². The molecule has 1 aliphatic heterocycles. The summed E-state index contributed by atoms with van der Waals surface area (Å²) in [5.41, 5.74) is 2.17. The molecule has 1 aromatic rings. The molecule has 2 unspecified atom stereocenters. The van der Waals surface area contributed by atoms with Crippen LogP contribution in [0, 0.1) is 5.92 Å². The van der Waals surface area contributed by atoms with Gasteiger partial charge in [-0.15, -0.1) is 12.4 Å². The third kappa shape index (κ3) is 2.86.